The summed E-state index contributed by atoms with van der Waals surface area (Å²) in [6.07, 6.45) is 1.41. The van der Waals surface area contributed by atoms with E-state index in [2.05, 4.69) is 20.4 Å². The summed E-state index contributed by atoms with van der Waals surface area (Å²) in [6.45, 7) is 9.60. The highest BCUT2D eigenvalue weighted by Gasteiger charge is 2.21. The van der Waals surface area contributed by atoms with Crippen molar-refractivity contribution >= 4 is 33.1 Å². The van der Waals surface area contributed by atoms with Gasteiger partial charge in [-0.2, -0.15) is 4.98 Å². The minimum Gasteiger partial charge on any atom is -0.333 e. The predicted octanol–water partition coefficient (Wildman–Crippen LogP) is 5.36. The third-order valence-corrected chi connectivity index (χ3v) is 7.37. The Balaban J connectivity index is 1.45. The fraction of sp³-hybridized carbons (Fsp3) is 0.222. The largest absolute Gasteiger partial charge is 0.333 e. The van der Waals surface area contributed by atoms with Gasteiger partial charge in [0.1, 0.15) is 11.4 Å². The van der Waals surface area contributed by atoms with Crippen molar-refractivity contribution in [3.63, 3.8) is 0 Å². The Bertz CT molecular complexity index is 1670. The van der Waals surface area contributed by atoms with Gasteiger partial charge in [0.15, 0.2) is 0 Å². The minimum absolute atomic E-state index is 0.142. The van der Waals surface area contributed by atoms with Crippen LogP contribution in [0.2, 0.25) is 0 Å². The van der Waals surface area contributed by atoms with Gasteiger partial charge < -0.3 is 9.84 Å². The van der Waals surface area contributed by atoms with Crippen LogP contribution in [0, 0.1) is 34.6 Å². The molecule has 0 spiro atoms. The van der Waals surface area contributed by atoms with Crippen molar-refractivity contribution in [2.75, 3.05) is 5.32 Å². The molecule has 0 aliphatic carbocycles. The van der Waals surface area contributed by atoms with Gasteiger partial charge in [0.2, 0.25) is 11.7 Å². The second-order valence-electron chi connectivity index (χ2n) is 8.97. The molecular weight excluding hydrogens is 474 g/mol. The van der Waals surface area contributed by atoms with Crippen LogP contribution in [-0.4, -0.2) is 25.6 Å². The number of hydrogen-bond acceptors (Lipinski definition) is 7. The van der Waals surface area contributed by atoms with E-state index in [1.54, 1.807) is 0 Å². The summed E-state index contributed by atoms with van der Waals surface area (Å²) in [4.78, 5) is 36.4. The van der Waals surface area contributed by atoms with Crippen LogP contribution in [-0.2, 0) is 11.3 Å². The third kappa shape index (κ3) is 4.22. The molecule has 8 nitrogen and oxygen atoms in total. The monoisotopic (exact) mass is 499 g/mol. The number of benzene rings is 2. The highest BCUT2D eigenvalue weighted by Crippen LogP contribution is 2.35. The SMILES string of the molecule is Cc1cc(C)c(NC(=O)Cn2cnc3sc(-c4nc(-c5ccccc5C)no4)c(C)c3c2=O)c(C)c1. The van der Waals surface area contributed by atoms with Crippen molar-refractivity contribution in [1.29, 1.82) is 0 Å². The van der Waals surface area contributed by atoms with Gasteiger partial charge in [0.05, 0.1) is 16.6 Å². The van der Waals surface area contributed by atoms with E-state index in [1.165, 1.54) is 22.2 Å². The lowest BCUT2D eigenvalue weighted by Crippen LogP contribution is -2.28. The Hall–Kier alpha value is -4.11. The van der Waals surface area contributed by atoms with E-state index in [-0.39, 0.29) is 18.0 Å². The Kier molecular flexibility index (Phi) is 6.01. The number of hydrogen-bond donors (Lipinski definition) is 1. The molecule has 0 bridgehead atoms. The first-order chi connectivity index (χ1) is 17.2. The van der Waals surface area contributed by atoms with Crippen LogP contribution in [0.5, 0.6) is 0 Å². The zero-order valence-electron chi connectivity index (χ0n) is 20.7. The van der Waals surface area contributed by atoms with Crippen molar-refractivity contribution in [3.8, 4) is 22.2 Å². The lowest BCUT2D eigenvalue weighted by molar-refractivity contribution is -0.116. The van der Waals surface area contributed by atoms with Crippen molar-refractivity contribution in [2.24, 2.45) is 0 Å². The molecule has 0 fully saturated rings. The Morgan fingerprint density at radius 2 is 1.78 bits per heavy atom. The maximum absolute atomic E-state index is 13.3. The number of carbonyl (C=O) groups excluding carboxylic acids is 1. The summed E-state index contributed by atoms with van der Waals surface area (Å²) >= 11 is 1.32. The van der Waals surface area contributed by atoms with Gasteiger partial charge in [0.25, 0.3) is 11.4 Å². The van der Waals surface area contributed by atoms with Crippen LogP contribution in [0.1, 0.15) is 27.8 Å². The quantitative estimate of drug-likeness (QED) is 0.349. The third-order valence-electron chi connectivity index (χ3n) is 6.18. The molecule has 0 saturated heterocycles. The van der Waals surface area contributed by atoms with E-state index < -0.39 is 0 Å². The van der Waals surface area contributed by atoms with Crippen LogP contribution in [0.15, 0.2) is 52.0 Å². The lowest BCUT2D eigenvalue weighted by atomic mass is 10.1. The number of rotatable bonds is 5. The topological polar surface area (TPSA) is 103 Å². The van der Waals surface area contributed by atoms with Crippen molar-refractivity contribution in [3.05, 3.63) is 80.9 Å². The molecule has 9 heteroatoms. The summed E-state index contributed by atoms with van der Waals surface area (Å²) < 4.78 is 6.88. The van der Waals surface area contributed by atoms with Gasteiger partial charge in [-0.05, 0) is 56.9 Å². The summed E-state index contributed by atoms with van der Waals surface area (Å²) in [6, 6.07) is 11.8. The van der Waals surface area contributed by atoms with Crippen molar-refractivity contribution in [1.82, 2.24) is 19.7 Å². The normalized spacial score (nSPS) is 11.2. The van der Waals surface area contributed by atoms with E-state index in [0.29, 0.717) is 32.4 Å². The molecule has 0 atom stereocenters. The summed E-state index contributed by atoms with van der Waals surface area (Å²) in [5.74, 6) is 0.535. The van der Waals surface area contributed by atoms with E-state index in [0.717, 1.165) is 33.5 Å². The molecule has 0 saturated carbocycles. The van der Waals surface area contributed by atoms with E-state index >= 15 is 0 Å². The Morgan fingerprint density at radius 3 is 2.50 bits per heavy atom. The van der Waals surface area contributed by atoms with Gasteiger partial charge in [0, 0.05) is 11.3 Å². The maximum Gasteiger partial charge on any atom is 0.268 e. The molecule has 182 valence electrons. The van der Waals surface area contributed by atoms with E-state index in [9.17, 15) is 9.59 Å². The number of nitrogens with one attached hydrogen (secondary N) is 1. The Labute approximate surface area is 211 Å². The average molecular weight is 500 g/mol. The van der Waals surface area contributed by atoms with Crippen LogP contribution >= 0.6 is 11.3 Å². The number of aromatic nitrogens is 4. The van der Waals surface area contributed by atoms with Crippen LogP contribution in [0.4, 0.5) is 5.69 Å². The zero-order valence-corrected chi connectivity index (χ0v) is 21.5. The minimum atomic E-state index is -0.291. The molecule has 3 aromatic heterocycles. The highest BCUT2D eigenvalue weighted by atomic mass is 32.1. The number of fused-ring (bicyclic) bond motifs is 1. The molecule has 0 aliphatic heterocycles. The molecule has 0 radical (unpaired) electrons. The summed E-state index contributed by atoms with van der Waals surface area (Å²) in [7, 11) is 0. The standard InChI is InChI=1S/C27H25N5O3S/c1-14-10-16(3)22(17(4)11-14)29-20(33)12-32-13-28-26-21(27(32)34)18(5)23(36-26)25-30-24(31-35-25)19-9-7-6-8-15(19)2/h6-11,13H,12H2,1-5H3,(H,29,33). The van der Waals surface area contributed by atoms with Gasteiger partial charge in [-0.25, -0.2) is 4.98 Å². The fourth-order valence-corrected chi connectivity index (χ4v) is 5.50. The molecule has 2 aromatic carbocycles. The van der Waals surface area contributed by atoms with Crippen LogP contribution in [0.3, 0.4) is 0 Å². The smallest absolute Gasteiger partial charge is 0.268 e. The van der Waals surface area contributed by atoms with Crippen molar-refractivity contribution in [2.45, 2.75) is 41.2 Å². The lowest BCUT2D eigenvalue weighted by Gasteiger charge is -2.13. The first-order valence-corrected chi connectivity index (χ1v) is 12.3. The van der Waals surface area contributed by atoms with Gasteiger partial charge in [-0.1, -0.05) is 47.1 Å². The molecule has 1 amide bonds. The Morgan fingerprint density at radius 1 is 1.06 bits per heavy atom. The van der Waals surface area contributed by atoms with Gasteiger partial charge >= 0.3 is 0 Å². The number of amides is 1. The number of thiophene rings is 1. The average Bonchev–Trinajstić information content (AvgIpc) is 3.43. The molecule has 0 aliphatic rings. The van der Waals surface area contributed by atoms with Crippen LogP contribution < -0.4 is 10.9 Å². The van der Waals surface area contributed by atoms with Gasteiger partial charge in [-0.15, -0.1) is 11.3 Å². The van der Waals surface area contributed by atoms with Crippen molar-refractivity contribution < 1.29 is 9.32 Å². The molecule has 1 N–H and O–H groups in total. The molecule has 5 aromatic rings. The summed E-state index contributed by atoms with van der Waals surface area (Å²) in [5, 5.41) is 7.53. The number of aryl methyl sites for hydroxylation is 5. The maximum atomic E-state index is 13.3. The second kappa shape index (κ2) is 9.16. The number of nitrogens with zero attached hydrogens (tertiary/aromatic N) is 4. The molecular formula is C27H25N5O3S. The molecule has 3 heterocycles. The second-order valence-corrected chi connectivity index (χ2v) is 9.97. The first-order valence-electron chi connectivity index (χ1n) is 11.5. The fourth-order valence-electron chi connectivity index (χ4n) is 4.44. The van der Waals surface area contributed by atoms with Gasteiger partial charge in [-0.3, -0.25) is 14.2 Å². The van der Waals surface area contributed by atoms with E-state index in [4.69, 9.17) is 4.52 Å². The van der Waals surface area contributed by atoms with E-state index in [1.807, 2.05) is 71.0 Å². The first kappa shape index (κ1) is 23.6. The van der Waals surface area contributed by atoms with Crippen LogP contribution in [0.25, 0.3) is 32.4 Å². The number of carbonyl (C=O) groups is 1. The summed E-state index contributed by atoms with van der Waals surface area (Å²) in [5.41, 5.74) is 6.19. The predicted molar refractivity (Wildman–Crippen MR) is 141 cm³/mol. The highest BCUT2D eigenvalue weighted by molar-refractivity contribution is 7.22. The zero-order chi connectivity index (χ0) is 25.6. The molecule has 36 heavy (non-hydrogen) atoms. The molecule has 5 rings (SSSR count). The molecule has 0 unspecified atom stereocenters. The number of anilines is 1.